The first-order valence-electron chi connectivity index (χ1n) is 5.70. The Morgan fingerprint density at radius 1 is 1.38 bits per heavy atom. The number of aromatic nitrogens is 2. The Hall–Kier alpha value is -2.71. The topological polar surface area (TPSA) is 96.5 Å². The van der Waals surface area contributed by atoms with E-state index in [0.717, 1.165) is 12.1 Å². The molecule has 6 nitrogen and oxygen atoms in total. The number of rotatable bonds is 3. The number of nitrogens with two attached hydrogens (primary N) is 1. The van der Waals surface area contributed by atoms with Gasteiger partial charge < -0.3 is 15.7 Å². The van der Waals surface area contributed by atoms with Gasteiger partial charge >= 0.3 is 6.18 Å². The van der Waals surface area contributed by atoms with Crippen LogP contribution in [0.5, 0.6) is 11.6 Å². The van der Waals surface area contributed by atoms with E-state index in [-0.39, 0.29) is 11.6 Å². The van der Waals surface area contributed by atoms with Crippen LogP contribution in [0.2, 0.25) is 0 Å². The highest BCUT2D eigenvalue weighted by atomic mass is 19.4. The Labute approximate surface area is 117 Å². The van der Waals surface area contributed by atoms with Crippen molar-refractivity contribution >= 4 is 5.84 Å². The van der Waals surface area contributed by atoms with Crippen LogP contribution in [-0.2, 0) is 6.18 Å². The van der Waals surface area contributed by atoms with Crippen molar-refractivity contribution in [3.05, 3.63) is 41.1 Å². The smallest absolute Gasteiger partial charge is 0.417 e. The molecule has 0 aliphatic heterocycles. The number of nitrogens with zero attached hydrogens (tertiary/aromatic N) is 2. The molecule has 0 atom stereocenters. The summed E-state index contributed by atoms with van der Waals surface area (Å²) in [4.78, 5) is 0. The second-order valence-corrected chi connectivity index (χ2v) is 4.18. The maximum Gasteiger partial charge on any atom is 0.417 e. The molecule has 2 rings (SSSR count). The number of H-pyrrole nitrogens is 1. The van der Waals surface area contributed by atoms with Gasteiger partial charge in [0, 0.05) is 17.3 Å². The number of nitrogens with one attached hydrogen (secondary N) is 1. The molecule has 0 bridgehead atoms. The Bertz CT molecular complexity index is 679. The van der Waals surface area contributed by atoms with Crippen LogP contribution in [0.1, 0.15) is 16.8 Å². The van der Waals surface area contributed by atoms with Gasteiger partial charge in [0.25, 0.3) is 0 Å². The lowest BCUT2D eigenvalue weighted by atomic mass is 10.1. The quantitative estimate of drug-likeness (QED) is 0.351. The van der Waals surface area contributed by atoms with Gasteiger partial charge in [-0.2, -0.15) is 13.2 Å². The second kappa shape index (κ2) is 5.35. The fourth-order valence-corrected chi connectivity index (χ4v) is 1.66. The number of alkyl halides is 3. The molecule has 1 heterocycles. The second-order valence-electron chi connectivity index (χ2n) is 4.18. The molecule has 0 aliphatic carbocycles. The molecule has 112 valence electrons. The third kappa shape index (κ3) is 3.25. The van der Waals surface area contributed by atoms with Gasteiger partial charge in [-0.15, -0.1) is 5.10 Å². The van der Waals surface area contributed by atoms with E-state index in [1.54, 1.807) is 6.92 Å². The lowest BCUT2D eigenvalue weighted by Gasteiger charge is -2.13. The van der Waals surface area contributed by atoms with Gasteiger partial charge in [-0.1, -0.05) is 5.16 Å². The number of oxime groups is 1. The molecule has 0 spiro atoms. The zero-order chi connectivity index (χ0) is 15.6. The summed E-state index contributed by atoms with van der Waals surface area (Å²) in [5.74, 6) is -0.565. The first-order chi connectivity index (χ1) is 9.81. The molecule has 0 radical (unpaired) electrons. The van der Waals surface area contributed by atoms with E-state index in [0.29, 0.717) is 5.69 Å². The highest BCUT2D eigenvalue weighted by Gasteiger charge is 2.35. The normalized spacial score (nSPS) is 12.5. The molecule has 21 heavy (non-hydrogen) atoms. The van der Waals surface area contributed by atoms with Crippen molar-refractivity contribution in [2.24, 2.45) is 10.9 Å². The highest BCUT2D eigenvalue weighted by Crippen LogP contribution is 2.35. The number of aryl methyl sites for hydroxylation is 1. The molecule has 0 fully saturated rings. The van der Waals surface area contributed by atoms with Crippen LogP contribution < -0.4 is 10.5 Å². The van der Waals surface area contributed by atoms with Crippen LogP contribution in [0, 0.1) is 6.92 Å². The van der Waals surface area contributed by atoms with Crippen molar-refractivity contribution in [1.29, 1.82) is 0 Å². The Balaban J connectivity index is 2.42. The average molecular weight is 300 g/mol. The fourth-order valence-electron chi connectivity index (χ4n) is 1.66. The first-order valence-corrected chi connectivity index (χ1v) is 5.70. The van der Waals surface area contributed by atoms with E-state index >= 15 is 0 Å². The molecule has 1 aromatic heterocycles. The largest absolute Gasteiger partial charge is 0.438 e. The van der Waals surface area contributed by atoms with Crippen LogP contribution in [0.4, 0.5) is 13.2 Å². The molecule has 0 unspecified atom stereocenters. The summed E-state index contributed by atoms with van der Waals surface area (Å²) in [7, 11) is 0. The van der Waals surface area contributed by atoms with Crippen molar-refractivity contribution < 1.29 is 23.1 Å². The monoisotopic (exact) mass is 300 g/mol. The first kappa shape index (κ1) is 14.7. The van der Waals surface area contributed by atoms with Gasteiger partial charge in [-0.25, -0.2) is 0 Å². The average Bonchev–Trinajstić information content (AvgIpc) is 2.82. The lowest BCUT2D eigenvalue weighted by Crippen LogP contribution is -2.20. The van der Waals surface area contributed by atoms with Crippen LogP contribution in [0.3, 0.4) is 0 Å². The minimum Gasteiger partial charge on any atom is -0.438 e. The van der Waals surface area contributed by atoms with Crippen molar-refractivity contribution in [2.45, 2.75) is 13.1 Å². The Morgan fingerprint density at radius 3 is 2.62 bits per heavy atom. The number of benzene rings is 1. The van der Waals surface area contributed by atoms with E-state index < -0.39 is 23.1 Å². The van der Waals surface area contributed by atoms with Gasteiger partial charge in [0.2, 0.25) is 5.88 Å². The van der Waals surface area contributed by atoms with Crippen LogP contribution in [0.25, 0.3) is 0 Å². The summed E-state index contributed by atoms with van der Waals surface area (Å²) in [6.45, 7) is 1.72. The molecular formula is C12H11F3N4O2. The molecule has 2 aromatic rings. The highest BCUT2D eigenvalue weighted by molar-refractivity contribution is 5.98. The Kier molecular flexibility index (Phi) is 3.74. The molecule has 1 aromatic carbocycles. The Morgan fingerprint density at radius 2 is 2.10 bits per heavy atom. The van der Waals surface area contributed by atoms with Crippen LogP contribution in [-0.4, -0.2) is 21.2 Å². The van der Waals surface area contributed by atoms with E-state index in [1.807, 2.05) is 0 Å². The van der Waals surface area contributed by atoms with Crippen molar-refractivity contribution in [2.75, 3.05) is 0 Å². The molecule has 0 aliphatic rings. The van der Waals surface area contributed by atoms with Crippen LogP contribution in [0.15, 0.2) is 29.4 Å². The molecule has 9 heteroatoms. The fraction of sp³-hybridized carbons (Fsp3) is 0.167. The van der Waals surface area contributed by atoms with E-state index in [2.05, 4.69) is 15.4 Å². The molecule has 0 saturated carbocycles. The molecule has 4 N–H and O–H groups in total. The van der Waals surface area contributed by atoms with Crippen molar-refractivity contribution in [3.8, 4) is 11.6 Å². The maximum atomic E-state index is 13.0. The standard InChI is InChI=1S/C12H11F3N4O2/c1-6-4-10(18-17-6)21-7-2-3-8(11(16)19-20)9(5-7)12(13,14)15/h2-5,20H,1H3,(H2,16,19)(H,17,18). The summed E-state index contributed by atoms with van der Waals surface area (Å²) < 4.78 is 44.2. The van der Waals surface area contributed by atoms with Gasteiger partial charge in [0.1, 0.15) is 5.75 Å². The van der Waals surface area contributed by atoms with Crippen molar-refractivity contribution in [1.82, 2.24) is 10.2 Å². The number of aromatic amines is 1. The predicted molar refractivity (Wildman–Crippen MR) is 67.4 cm³/mol. The summed E-state index contributed by atoms with van der Waals surface area (Å²) in [6, 6.07) is 4.63. The molecule has 0 amide bonds. The van der Waals surface area contributed by atoms with E-state index in [4.69, 9.17) is 15.7 Å². The molecular weight excluding hydrogens is 289 g/mol. The van der Waals surface area contributed by atoms with Crippen LogP contribution >= 0.6 is 0 Å². The van der Waals surface area contributed by atoms with Gasteiger partial charge in [-0.3, -0.25) is 5.10 Å². The number of hydrogen-bond donors (Lipinski definition) is 3. The third-order valence-electron chi connectivity index (χ3n) is 2.58. The summed E-state index contributed by atoms with van der Waals surface area (Å²) in [5, 5.41) is 17.5. The van der Waals surface area contributed by atoms with Gasteiger partial charge in [0.05, 0.1) is 5.56 Å². The van der Waals surface area contributed by atoms with Gasteiger partial charge in [-0.05, 0) is 25.1 Å². The molecule has 0 saturated heterocycles. The van der Waals surface area contributed by atoms with E-state index in [9.17, 15) is 13.2 Å². The minimum absolute atomic E-state index is 0.0664. The van der Waals surface area contributed by atoms with E-state index in [1.165, 1.54) is 12.1 Å². The zero-order valence-electron chi connectivity index (χ0n) is 10.8. The predicted octanol–water partition coefficient (Wildman–Crippen LogP) is 2.62. The number of amidine groups is 1. The lowest BCUT2D eigenvalue weighted by molar-refractivity contribution is -0.137. The minimum atomic E-state index is -4.68. The number of ether oxygens (including phenoxy) is 1. The summed E-state index contributed by atoms with van der Waals surface area (Å²) >= 11 is 0. The number of halogens is 3. The summed E-state index contributed by atoms with van der Waals surface area (Å²) in [5.41, 5.74) is 4.44. The number of hydrogen-bond acceptors (Lipinski definition) is 4. The van der Waals surface area contributed by atoms with Crippen molar-refractivity contribution in [3.63, 3.8) is 0 Å². The summed E-state index contributed by atoms with van der Waals surface area (Å²) in [6.07, 6.45) is -4.68. The van der Waals surface area contributed by atoms with Gasteiger partial charge in [0.15, 0.2) is 5.84 Å². The maximum absolute atomic E-state index is 13.0. The third-order valence-corrected chi connectivity index (χ3v) is 2.58. The zero-order valence-corrected chi connectivity index (χ0v) is 10.8. The SMILES string of the molecule is Cc1cc(Oc2ccc(/C(N)=N/O)c(C(F)(F)F)c2)n[nH]1.